The topological polar surface area (TPSA) is 13.1 Å². The molecule has 1 aliphatic rings. The fraction of sp³-hybridized carbons (Fsp3) is 0.0500. The second-order valence-corrected chi connectivity index (χ2v) is 11.2. The van der Waals surface area contributed by atoms with Crippen molar-refractivity contribution in [3.8, 4) is 22.3 Å². The van der Waals surface area contributed by atoms with Gasteiger partial charge in [0.05, 0.1) is 0 Å². The third-order valence-corrected chi connectivity index (χ3v) is 8.86. The summed E-state index contributed by atoms with van der Waals surface area (Å²) >= 11 is 0. The van der Waals surface area contributed by atoms with E-state index in [9.17, 15) is 0 Å². The van der Waals surface area contributed by atoms with Crippen LogP contribution in [0.1, 0.15) is 12.8 Å². The maximum absolute atomic E-state index is 6.36. The summed E-state index contributed by atoms with van der Waals surface area (Å²) < 4.78 is 6.36. The number of rotatable bonds is 2. The van der Waals surface area contributed by atoms with Crippen molar-refractivity contribution in [2.75, 3.05) is 0 Å². The van der Waals surface area contributed by atoms with E-state index in [0.717, 1.165) is 34.8 Å². The Balaban J connectivity index is 1.29. The second-order valence-electron chi connectivity index (χ2n) is 11.2. The van der Waals surface area contributed by atoms with Gasteiger partial charge < -0.3 is 4.42 Å². The van der Waals surface area contributed by atoms with Gasteiger partial charge in [-0.05, 0) is 114 Å². The van der Waals surface area contributed by atoms with Crippen molar-refractivity contribution in [1.82, 2.24) is 0 Å². The van der Waals surface area contributed by atoms with E-state index in [1.165, 1.54) is 65.0 Å². The molecule has 1 heterocycles. The van der Waals surface area contributed by atoms with Gasteiger partial charge in [0.2, 0.25) is 0 Å². The molecule has 0 saturated heterocycles. The zero-order valence-corrected chi connectivity index (χ0v) is 22.5. The molecule has 0 bridgehead atoms. The molecule has 0 unspecified atom stereocenters. The zero-order chi connectivity index (χ0) is 26.9. The molecule has 0 radical (unpaired) electrons. The lowest BCUT2D eigenvalue weighted by atomic mass is 9.92. The quantitative estimate of drug-likeness (QED) is 0.206. The lowest BCUT2D eigenvalue weighted by Crippen LogP contribution is -2.27. The Morgan fingerprint density at radius 1 is 0.415 bits per heavy atom. The first-order chi connectivity index (χ1) is 20.3. The molecule has 8 aromatic rings. The molecule has 1 heteroatoms. The van der Waals surface area contributed by atoms with Crippen molar-refractivity contribution in [1.29, 1.82) is 0 Å². The van der Waals surface area contributed by atoms with Gasteiger partial charge in [-0.3, -0.25) is 0 Å². The average molecular weight is 523 g/mol. The molecule has 1 nitrogen and oxygen atoms in total. The summed E-state index contributed by atoms with van der Waals surface area (Å²) in [6, 6.07) is 44.3. The van der Waals surface area contributed by atoms with Crippen LogP contribution in [0.4, 0.5) is 0 Å². The summed E-state index contributed by atoms with van der Waals surface area (Å²) in [5, 5.41) is 12.8. The minimum Gasteiger partial charge on any atom is -0.456 e. The van der Waals surface area contributed by atoms with Crippen LogP contribution in [0.25, 0.3) is 88.7 Å². The van der Waals surface area contributed by atoms with Crippen LogP contribution in [0.3, 0.4) is 0 Å². The highest BCUT2D eigenvalue weighted by molar-refractivity contribution is 6.15. The van der Waals surface area contributed by atoms with Crippen molar-refractivity contribution in [2.45, 2.75) is 12.8 Å². The fourth-order valence-electron chi connectivity index (χ4n) is 6.93. The first kappa shape index (κ1) is 22.7. The summed E-state index contributed by atoms with van der Waals surface area (Å²) in [7, 11) is 0. The van der Waals surface area contributed by atoms with Crippen molar-refractivity contribution in [2.24, 2.45) is 0 Å². The maximum Gasteiger partial charge on any atom is 0.135 e. The normalized spacial score (nSPS) is 13.1. The van der Waals surface area contributed by atoms with E-state index >= 15 is 0 Å². The lowest BCUT2D eigenvalue weighted by Gasteiger charge is -2.12. The standard InChI is InChI=1S/C40H26O/c1-3-11-29-25(9-1)21-35(33-15-7-5-13-31(29)33)27-17-19-39-37(23-27)38-24-28(18-20-40(38)41-39)36-22-26-10-2-4-12-30(26)32-14-6-8-16-34(32)36/h1,3,5-24H,2,4H2. The summed E-state index contributed by atoms with van der Waals surface area (Å²) in [5.41, 5.74) is 6.80. The molecule has 1 aliphatic carbocycles. The number of furan rings is 1. The molecule has 0 amide bonds. The van der Waals surface area contributed by atoms with E-state index in [2.05, 4.69) is 133 Å². The number of benzene rings is 7. The van der Waals surface area contributed by atoms with Gasteiger partial charge in [-0.2, -0.15) is 0 Å². The van der Waals surface area contributed by atoms with E-state index in [1.54, 1.807) is 0 Å². The van der Waals surface area contributed by atoms with Crippen LogP contribution < -0.4 is 10.4 Å². The number of hydrogen-bond donors (Lipinski definition) is 0. The molecule has 7 aromatic carbocycles. The van der Waals surface area contributed by atoms with Crippen LogP contribution in [0, 0.1) is 0 Å². The predicted octanol–water partition coefficient (Wildman–Crippen LogP) is 9.73. The summed E-state index contributed by atoms with van der Waals surface area (Å²) in [6.07, 6.45) is 6.99. The Labute approximate surface area is 237 Å². The second kappa shape index (κ2) is 8.68. The molecule has 0 aliphatic heterocycles. The molecular formula is C40H26O. The third-order valence-electron chi connectivity index (χ3n) is 8.86. The predicted molar refractivity (Wildman–Crippen MR) is 175 cm³/mol. The summed E-state index contributed by atoms with van der Waals surface area (Å²) in [4.78, 5) is 0. The number of hydrogen-bond acceptors (Lipinski definition) is 1. The van der Waals surface area contributed by atoms with Crippen molar-refractivity contribution >= 4 is 66.4 Å². The molecule has 9 rings (SSSR count). The molecule has 0 N–H and O–H groups in total. The highest BCUT2D eigenvalue weighted by Gasteiger charge is 2.14. The van der Waals surface area contributed by atoms with Crippen LogP contribution in [0.15, 0.2) is 126 Å². The van der Waals surface area contributed by atoms with Crippen LogP contribution >= 0.6 is 0 Å². The van der Waals surface area contributed by atoms with E-state index in [0.29, 0.717) is 0 Å². The van der Waals surface area contributed by atoms with Gasteiger partial charge in [-0.15, -0.1) is 0 Å². The van der Waals surface area contributed by atoms with Gasteiger partial charge in [-0.25, -0.2) is 0 Å². The molecule has 1 aromatic heterocycles. The first-order valence-electron chi connectivity index (χ1n) is 14.4. The van der Waals surface area contributed by atoms with E-state index < -0.39 is 0 Å². The van der Waals surface area contributed by atoms with Crippen LogP contribution in [-0.2, 0) is 0 Å². The van der Waals surface area contributed by atoms with Crippen LogP contribution in [0.5, 0.6) is 0 Å². The van der Waals surface area contributed by atoms with Crippen molar-refractivity contribution < 1.29 is 4.42 Å². The van der Waals surface area contributed by atoms with E-state index in [4.69, 9.17) is 4.42 Å². The van der Waals surface area contributed by atoms with E-state index in [1.807, 2.05) is 0 Å². The molecule has 192 valence electrons. The Morgan fingerprint density at radius 3 is 1.71 bits per heavy atom. The van der Waals surface area contributed by atoms with Crippen molar-refractivity contribution in [3.63, 3.8) is 0 Å². The smallest absolute Gasteiger partial charge is 0.135 e. The molecule has 0 spiro atoms. The molecule has 41 heavy (non-hydrogen) atoms. The summed E-state index contributed by atoms with van der Waals surface area (Å²) in [5.74, 6) is 0. The SMILES string of the molecule is C1=c2cc(-c3ccc4oc5ccc(-c6cc7ccccc7c7ccccc67)cc5c4c3)c3ccccc3c2=CCC1. The molecule has 0 fully saturated rings. The third kappa shape index (κ3) is 3.42. The Morgan fingerprint density at radius 2 is 0.976 bits per heavy atom. The zero-order valence-electron chi connectivity index (χ0n) is 22.5. The highest BCUT2D eigenvalue weighted by Crippen LogP contribution is 2.39. The van der Waals surface area contributed by atoms with Gasteiger partial charge in [0.15, 0.2) is 0 Å². The molecule has 0 saturated carbocycles. The molecule has 0 atom stereocenters. The van der Waals surface area contributed by atoms with Gasteiger partial charge in [0, 0.05) is 10.8 Å². The monoisotopic (exact) mass is 522 g/mol. The van der Waals surface area contributed by atoms with Crippen LogP contribution in [-0.4, -0.2) is 0 Å². The summed E-state index contributed by atoms with van der Waals surface area (Å²) in [6.45, 7) is 0. The van der Waals surface area contributed by atoms with Gasteiger partial charge in [0.1, 0.15) is 11.2 Å². The Bertz CT molecular complexity index is 2470. The lowest BCUT2D eigenvalue weighted by molar-refractivity contribution is 0.669. The fourth-order valence-corrected chi connectivity index (χ4v) is 6.93. The molecular weight excluding hydrogens is 496 g/mol. The van der Waals surface area contributed by atoms with Crippen LogP contribution in [0.2, 0.25) is 0 Å². The van der Waals surface area contributed by atoms with E-state index in [-0.39, 0.29) is 0 Å². The average Bonchev–Trinajstić information content (AvgIpc) is 3.41. The van der Waals surface area contributed by atoms with Gasteiger partial charge >= 0.3 is 0 Å². The van der Waals surface area contributed by atoms with Gasteiger partial charge in [0.25, 0.3) is 0 Å². The first-order valence-corrected chi connectivity index (χ1v) is 14.4. The maximum atomic E-state index is 6.36. The Hall–Kier alpha value is -5.14. The minimum absolute atomic E-state index is 0.921. The minimum atomic E-state index is 0.921. The number of fused-ring (bicyclic) bond motifs is 9. The largest absolute Gasteiger partial charge is 0.456 e. The van der Waals surface area contributed by atoms with Gasteiger partial charge in [-0.1, -0.05) is 97.1 Å². The highest BCUT2D eigenvalue weighted by atomic mass is 16.3. The van der Waals surface area contributed by atoms with Crippen molar-refractivity contribution in [3.05, 3.63) is 132 Å². The Kier molecular flexibility index (Phi) is 4.80.